The number of aromatic nitrogens is 4. The number of nitrogens with zero attached hydrogens (tertiary/aromatic N) is 4. The van der Waals surface area contributed by atoms with E-state index >= 15 is 0 Å². The molecule has 11 nitrogen and oxygen atoms in total. The number of nitrogens with one attached hydrogen (secondary N) is 1. The lowest BCUT2D eigenvalue weighted by Crippen LogP contribution is -2.32. The molecule has 1 fully saturated rings. The molecule has 1 unspecified atom stereocenters. The highest BCUT2D eigenvalue weighted by molar-refractivity contribution is 7.90. The van der Waals surface area contributed by atoms with Gasteiger partial charge in [0, 0.05) is 30.5 Å². The molecule has 13 heteroatoms. The number of amides is 1. The molecule has 0 radical (unpaired) electrons. The first-order chi connectivity index (χ1) is 17.7. The zero-order chi connectivity index (χ0) is 26.2. The van der Waals surface area contributed by atoms with Crippen molar-refractivity contribution in [2.24, 2.45) is 0 Å². The van der Waals surface area contributed by atoms with Gasteiger partial charge in [-0.05, 0) is 42.0 Å². The first-order valence-electron chi connectivity index (χ1n) is 11.1. The van der Waals surface area contributed by atoms with Gasteiger partial charge < -0.3 is 14.8 Å². The van der Waals surface area contributed by atoms with E-state index in [-0.39, 0.29) is 23.6 Å². The van der Waals surface area contributed by atoms with Crippen LogP contribution in [0.3, 0.4) is 0 Å². The van der Waals surface area contributed by atoms with E-state index in [4.69, 9.17) is 9.47 Å². The number of cyclic esters (lactones) is 2. The maximum Gasteiger partial charge on any atom is 0.508 e. The van der Waals surface area contributed by atoms with Crippen molar-refractivity contribution in [3.63, 3.8) is 0 Å². The molecule has 0 saturated carbocycles. The largest absolute Gasteiger partial charge is 0.508 e. The Morgan fingerprint density at radius 2 is 2.00 bits per heavy atom. The van der Waals surface area contributed by atoms with E-state index < -0.39 is 39.9 Å². The van der Waals surface area contributed by atoms with E-state index in [1.807, 2.05) is 0 Å². The van der Waals surface area contributed by atoms with Crippen molar-refractivity contribution in [2.45, 2.75) is 23.6 Å². The maximum absolute atomic E-state index is 13.4. The summed E-state index contributed by atoms with van der Waals surface area (Å²) in [5.41, 5.74) is 1.78. The molecule has 0 spiro atoms. The molecule has 5 rings (SSSR count). The minimum Gasteiger partial charge on any atom is -0.430 e. The molecule has 4 heterocycles. The van der Waals surface area contributed by atoms with Crippen molar-refractivity contribution in [1.29, 1.82) is 0 Å². The Labute approximate surface area is 210 Å². The Morgan fingerprint density at radius 3 is 2.70 bits per heavy atom. The number of hydrogen-bond donors (Lipinski definition) is 1. The van der Waals surface area contributed by atoms with Gasteiger partial charge in [-0.25, -0.2) is 27.3 Å². The Hall–Kier alpha value is -4.39. The van der Waals surface area contributed by atoms with Crippen molar-refractivity contribution in [3.8, 4) is 5.69 Å². The lowest BCUT2D eigenvalue weighted by molar-refractivity contribution is 0.0912. The third kappa shape index (κ3) is 5.11. The molecule has 0 aliphatic carbocycles. The normalized spacial score (nSPS) is 16.3. The third-order valence-corrected chi connectivity index (χ3v) is 6.79. The molecule has 1 aromatic carbocycles. The summed E-state index contributed by atoms with van der Waals surface area (Å²) in [4.78, 5) is 32.9. The zero-order valence-corrected chi connectivity index (χ0v) is 20.2. The predicted molar refractivity (Wildman–Crippen MR) is 127 cm³/mol. The van der Waals surface area contributed by atoms with Crippen molar-refractivity contribution < 1.29 is 31.9 Å². The van der Waals surface area contributed by atoms with Gasteiger partial charge in [0.2, 0.25) is 0 Å². The third-order valence-electron chi connectivity index (χ3n) is 5.81. The number of benzene rings is 1. The highest BCUT2D eigenvalue weighted by Gasteiger charge is 2.30. The van der Waals surface area contributed by atoms with Gasteiger partial charge in [0.05, 0.1) is 35.2 Å². The molecule has 1 aliphatic heterocycles. The number of sulfone groups is 1. The molecule has 1 aliphatic rings. The number of carbonyl (C=O) groups is 2. The fourth-order valence-corrected chi connectivity index (χ4v) is 4.62. The van der Waals surface area contributed by atoms with Crippen LogP contribution in [0.2, 0.25) is 0 Å². The molecule has 4 aromatic rings. The van der Waals surface area contributed by atoms with Crippen LogP contribution >= 0.6 is 0 Å². The van der Waals surface area contributed by atoms with Gasteiger partial charge in [0.15, 0.2) is 14.9 Å². The first-order valence-corrected chi connectivity index (χ1v) is 13.0. The van der Waals surface area contributed by atoms with Crippen LogP contribution in [0.4, 0.5) is 9.18 Å². The molecular formula is C24H20FN5O6S. The minimum atomic E-state index is -3.61. The topological polar surface area (TPSA) is 142 Å². The van der Waals surface area contributed by atoms with Crippen molar-refractivity contribution in [1.82, 2.24) is 25.1 Å². The van der Waals surface area contributed by atoms with Crippen LogP contribution in [-0.4, -0.2) is 59.2 Å². The average Bonchev–Trinajstić information content (AvgIpc) is 3.49. The number of carbonyl (C=O) groups excluding carboxylic acids is 2. The van der Waals surface area contributed by atoms with Crippen molar-refractivity contribution in [2.75, 3.05) is 12.9 Å². The van der Waals surface area contributed by atoms with E-state index in [1.165, 1.54) is 47.7 Å². The number of halogens is 1. The van der Waals surface area contributed by atoms with Gasteiger partial charge in [-0.1, -0.05) is 0 Å². The lowest BCUT2D eigenvalue weighted by atomic mass is 10.0. The Balaban J connectivity index is 1.48. The highest BCUT2D eigenvalue weighted by Crippen LogP contribution is 2.26. The zero-order valence-electron chi connectivity index (χ0n) is 19.4. The number of pyridine rings is 2. The van der Waals surface area contributed by atoms with Crippen molar-refractivity contribution >= 4 is 32.8 Å². The lowest BCUT2D eigenvalue weighted by Gasteiger charge is -2.21. The monoisotopic (exact) mass is 525 g/mol. The van der Waals surface area contributed by atoms with Gasteiger partial charge >= 0.3 is 6.16 Å². The molecule has 2 atom stereocenters. The van der Waals surface area contributed by atoms with Gasteiger partial charge in [0.1, 0.15) is 18.5 Å². The standard InChI is InChI=1S/C24H20FN5O6S/c1-37(33,34)22-8-14(6-7-27-22)20(9-17-13-35-24(32)36-17)29-23(31)19-10-26-12-21-18(19)11-28-30(21)16-4-2-15(25)3-5-16/h2-8,10-12,17,20H,9,13H2,1H3,(H,29,31)/t17-,20?/m0/s1. The Kier molecular flexibility index (Phi) is 6.29. The number of rotatable bonds is 7. The fraction of sp³-hybridized carbons (Fsp3) is 0.208. The molecule has 1 amide bonds. The second-order valence-corrected chi connectivity index (χ2v) is 10.4. The van der Waals surface area contributed by atoms with Crippen LogP contribution in [0.1, 0.15) is 28.4 Å². The second kappa shape index (κ2) is 9.58. The van der Waals surface area contributed by atoms with E-state index in [2.05, 4.69) is 20.4 Å². The fourth-order valence-electron chi connectivity index (χ4n) is 4.01. The van der Waals surface area contributed by atoms with Gasteiger partial charge in [0.25, 0.3) is 5.91 Å². The Bertz CT molecular complexity index is 1610. The molecule has 3 aromatic heterocycles. The van der Waals surface area contributed by atoms with E-state index in [1.54, 1.807) is 18.2 Å². The van der Waals surface area contributed by atoms with Gasteiger partial charge in [-0.2, -0.15) is 5.10 Å². The Morgan fingerprint density at radius 1 is 1.22 bits per heavy atom. The summed E-state index contributed by atoms with van der Waals surface area (Å²) in [5, 5.41) is 7.55. The number of ether oxygens (including phenoxy) is 2. The van der Waals surface area contributed by atoms with Crippen LogP contribution in [0.15, 0.2) is 66.2 Å². The van der Waals surface area contributed by atoms with Crippen molar-refractivity contribution in [3.05, 3.63) is 78.1 Å². The smallest absolute Gasteiger partial charge is 0.430 e. The number of fused-ring (bicyclic) bond motifs is 1. The molecule has 1 saturated heterocycles. The number of hydrogen-bond acceptors (Lipinski definition) is 9. The summed E-state index contributed by atoms with van der Waals surface area (Å²) >= 11 is 0. The SMILES string of the molecule is CS(=O)(=O)c1cc(C(C[C@H]2COC(=O)O2)NC(=O)c2cncc3c2cnn3-c2ccc(F)cc2)ccn1. The summed E-state index contributed by atoms with van der Waals surface area (Å²) < 4.78 is 49.0. The van der Waals surface area contributed by atoms with Gasteiger partial charge in [-0.15, -0.1) is 0 Å². The van der Waals surface area contributed by atoms with E-state index in [0.717, 1.165) is 6.26 Å². The first kappa shape index (κ1) is 24.3. The molecule has 1 N–H and O–H groups in total. The van der Waals surface area contributed by atoms with Crippen LogP contribution in [-0.2, 0) is 19.3 Å². The molecule has 37 heavy (non-hydrogen) atoms. The highest BCUT2D eigenvalue weighted by atomic mass is 32.2. The van der Waals surface area contributed by atoms with Crippen LogP contribution < -0.4 is 5.32 Å². The van der Waals surface area contributed by atoms with Crippen LogP contribution in [0, 0.1) is 5.82 Å². The van der Waals surface area contributed by atoms with Crippen LogP contribution in [0.5, 0.6) is 0 Å². The summed E-state index contributed by atoms with van der Waals surface area (Å²) in [7, 11) is -3.61. The quantitative estimate of drug-likeness (QED) is 0.360. The molecule has 0 bridgehead atoms. The minimum absolute atomic E-state index is 0.00318. The molecular weight excluding hydrogens is 505 g/mol. The van der Waals surface area contributed by atoms with E-state index in [9.17, 15) is 22.4 Å². The maximum atomic E-state index is 13.4. The van der Waals surface area contributed by atoms with E-state index in [0.29, 0.717) is 22.2 Å². The summed E-state index contributed by atoms with van der Waals surface area (Å²) in [5.74, 6) is -0.900. The summed E-state index contributed by atoms with van der Waals surface area (Å²) in [6.07, 6.45) is 5.46. The summed E-state index contributed by atoms with van der Waals surface area (Å²) in [6, 6.07) is 7.90. The second-order valence-electron chi connectivity index (χ2n) is 8.41. The van der Waals surface area contributed by atoms with Crippen LogP contribution in [0.25, 0.3) is 16.6 Å². The summed E-state index contributed by atoms with van der Waals surface area (Å²) in [6.45, 7) is -0.00318. The predicted octanol–water partition coefficient (Wildman–Crippen LogP) is 2.75. The van der Waals surface area contributed by atoms with Gasteiger partial charge in [-0.3, -0.25) is 9.78 Å². The average molecular weight is 526 g/mol. The molecule has 190 valence electrons.